The smallest absolute Gasteiger partial charge is 0.0621 e. The van der Waals surface area contributed by atoms with E-state index in [0.717, 1.165) is 99.6 Å². The van der Waals surface area contributed by atoms with Gasteiger partial charge in [0.15, 0.2) is 0 Å². The maximum absolute atomic E-state index is 6.89. The minimum absolute atomic E-state index is 0.621. The lowest BCUT2D eigenvalue weighted by Gasteiger charge is -2.51. The van der Waals surface area contributed by atoms with E-state index in [-0.39, 0.29) is 0 Å². The molecule has 0 spiro atoms. The number of rotatable bonds is 6. The summed E-state index contributed by atoms with van der Waals surface area (Å²) in [5.41, 5.74) is 0. The van der Waals surface area contributed by atoms with Gasteiger partial charge in [-0.1, -0.05) is 64.2 Å². The molecule has 0 aromatic heterocycles. The molecule has 0 amide bonds. The molecule has 0 aromatic rings. The molecule has 3 heterocycles. The third kappa shape index (κ3) is 7.40. The van der Waals surface area contributed by atoms with Gasteiger partial charge in [-0.15, -0.1) is 0 Å². The second-order valence-corrected chi connectivity index (χ2v) is 25.6. The lowest BCUT2D eigenvalue weighted by molar-refractivity contribution is -0.0277. The molecule has 58 heavy (non-hydrogen) atoms. The van der Waals surface area contributed by atoms with Crippen molar-refractivity contribution in [3.63, 3.8) is 0 Å². The first-order chi connectivity index (χ1) is 28.7. The molecular formula is C54H87NO2S. The van der Waals surface area contributed by atoms with Crippen LogP contribution in [0.15, 0.2) is 0 Å². The van der Waals surface area contributed by atoms with Crippen LogP contribution in [-0.4, -0.2) is 57.9 Å². The molecule has 0 bridgehead atoms. The molecule has 4 heteroatoms. The Hall–Kier alpha value is 0.230. The standard InChI is InChI=1S/C54H87NO2S/c1-2-9-34(10-3-1)35-17-24-39(25-18-35)55(40-26-19-36(20-27-40)38-23-30-44-43-11-4-6-15-48(43)57-51(44)33-38)41-28-21-37(22-29-41)42-13-8-14-45-46-31-32-50-52(54(46)58-53(42)45)47-12-5-7-16-49(47)56-50/h34-54H,1-33H2. The molecule has 0 radical (unpaired) electrons. The topological polar surface area (TPSA) is 21.7 Å². The van der Waals surface area contributed by atoms with Gasteiger partial charge in [-0.3, -0.25) is 4.90 Å². The van der Waals surface area contributed by atoms with Gasteiger partial charge < -0.3 is 9.47 Å². The molecule has 12 rings (SSSR count). The number of thioether (sulfide) groups is 1. The molecule has 3 nitrogen and oxygen atoms in total. The Bertz CT molecular complexity index is 1360. The van der Waals surface area contributed by atoms with Crippen molar-refractivity contribution in [2.24, 2.45) is 71.0 Å². The lowest BCUT2D eigenvalue weighted by atomic mass is 9.62. The van der Waals surface area contributed by atoms with Crippen LogP contribution < -0.4 is 0 Å². The molecule has 326 valence electrons. The van der Waals surface area contributed by atoms with Gasteiger partial charge in [-0.05, 0) is 213 Å². The van der Waals surface area contributed by atoms with Gasteiger partial charge >= 0.3 is 0 Å². The van der Waals surface area contributed by atoms with Crippen LogP contribution in [0, 0.1) is 71.0 Å². The molecule has 3 aliphatic heterocycles. The van der Waals surface area contributed by atoms with Crippen molar-refractivity contribution >= 4 is 11.8 Å². The summed E-state index contributed by atoms with van der Waals surface area (Å²) >= 11 is 2.60. The van der Waals surface area contributed by atoms with E-state index in [0.29, 0.717) is 24.4 Å². The summed E-state index contributed by atoms with van der Waals surface area (Å²) < 4.78 is 13.8. The minimum atomic E-state index is 0.621. The van der Waals surface area contributed by atoms with Crippen molar-refractivity contribution in [2.45, 2.75) is 265 Å². The van der Waals surface area contributed by atoms with E-state index in [1.54, 1.807) is 57.8 Å². The zero-order chi connectivity index (χ0) is 38.2. The third-order valence-corrected chi connectivity index (χ3v) is 24.0. The first-order valence-electron chi connectivity index (χ1n) is 27.5. The highest BCUT2D eigenvalue weighted by Crippen LogP contribution is 2.64. The molecule has 9 saturated carbocycles. The Kier molecular flexibility index (Phi) is 11.9. The number of hydrogen-bond acceptors (Lipinski definition) is 4. The Balaban J connectivity index is 0.703. The molecule has 9 aliphatic carbocycles. The zero-order valence-corrected chi connectivity index (χ0v) is 37.9. The summed E-state index contributed by atoms with van der Waals surface area (Å²) in [6.07, 6.45) is 52.2. The fraction of sp³-hybridized carbons (Fsp3) is 1.00. The van der Waals surface area contributed by atoms with Crippen molar-refractivity contribution in [3.05, 3.63) is 0 Å². The lowest BCUT2D eigenvalue weighted by Crippen LogP contribution is -2.53. The molecule has 0 aromatic carbocycles. The van der Waals surface area contributed by atoms with Crippen LogP contribution in [0.3, 0.4) is 0 Å². The maximum atomic E-state index is 6.89. The SMILES string of the molecule is C1CCC(C2CCC(N(C3CCC(C4CCC5C(C4)OC4CCCCC45)CC3)C3CCC(C4CCCC5C6CCC7OC8CCCCC8C7C6SC45)CC3)CC2)CC1. The largest absolute Gasteiger partial charge is 0.374 e. The summed E-state index contributed by atoms with van der Waals surface area (Å²) in [6, 6.07) is 2.66. The summed E-state index contributed by atoms with van der Waals surface area (Å²) in [5, 5.41) is 1.93. The normalized spacial score (nSPS) is 53.5. The highest BCUT2D eigenvalue weighted by molar-refractivity contribution is 8.00. The van der Waals surface area contributed by atoms with E-state index in [4.69, 9.17) is 9.47 Å². The highest BCUT2D eigenvalue weighted by Gasteiger charge is 2.60. The molecule has 3 saturated heterocycles. The van der Waals surface area contributed by atoms with Gasteiger partial charge in [0.25, 0.3) is 0 Å². The van der Waals surface area contributed by atoms with Gasteiger partial charge in [0.2, 0.25) is 0 Å². The van der Waals surface area contributed by atoms with E-state index < -0.39 is 0 Å². The number of ether oxygens (including phenoxy) is 2. The van der Waals surface area contributed by atoms with Gasteiger partial charge in [-0.2, -0.15) is 11.8 Å². The van der Waals surface area contributed by atoms with E-state index in [9.17, 15) is 0 Å². The summed E-state index contributed by atoms with van der Waals surface area (Å²) in [4.78, 5) is 3.36. The third-order valence-electron chi connectivity index (χ3n) is 22.0. The van der Waals surface area contributed by atoms with Crippen LogP contribution in [-0.2, 0) is 9.47 Å². The van der Waals surface area contributed by atoms with Crippen LogP contribution in [0.25, 0.3) is 0 Å². The van der Waals surface area contributed by atoms with E-state index >= 15 is 0 Å². The van der Waals surface area contributed by atoms with Crippen molar-refractivity contribution in [2.75, 3.05) is 0 Å². The zero-order valence-electron chi connectivity index (χ0n) is 37.1. The average Bonchev–Trinajstić information content (AvgIpc) is 3.98. The fourth-order valence-corrected chi connectivity index (χ4v) is 22.0. The molecule has 14 atom stereocenters. The predicted molar refractivity (Wildman–Crippen MR) is 240 cm³/mol. The summed E-state index contributed by atoms with van der Waals surface area (Å²) in [6.45, 7) is 0. The Morgan fingerprint density at radius 2 is 0.776 bits per heavy atom. The van der Waals surface area contributed by atoms with Crippen LogP contribution >= 0.6 is 11.8 Å². The second-order valence-electron chi connectivity index (χ2n) is 24.3. The van der Waals surface area contributed by atoms with Crippen molar-refractivity contribution in [3.8, 4) is 0 Å². The van der Waals surface area contributed by atoms with Gasteiger partial charge in [-0.25, -0.2) is 0 Å². The average molecular weight is 814 g/mol. The van der Waals surface area contributed by atoms with E-state index in [1.165, 1.54) is 154 Å². The van der Waals surface area contributed by atoms with Crippen LogP contribution in [0.5, 0.6) is 0 Å². The molecule has 14 unspecified atom stereocenters. The van der Waals surface area contributed by atoms with Crippen molar-refractivity contribution < 1.29 is 9.47 Å². The van der Waals surface area contributed by atoms with Crippen molar-refractivity contribution in [1.29, 1.82) is 0 Å². The Morgan fingerprint density at radius 3 is 1.50 bits per heavy atom. The van der Waals surface area contributed by atoms with E-state index in [1.807, 2.05) is 0 Å². The Labute approximate surface area is 360 Å². The highest BCUT2D eigenvalue weighted by atomic mass is 32.2. The van der Waals surface area contributed by atoms with E-state index in [2.05, 4.69) is 16.7 Å². The van der Waals surface area contributed by atoms with Gasteiger partial charge in [0.1, 0.15) is 0 Å². The summed E-state index contributed by atoms with van der Waals surface area (Å²) in [7, 11) is 0. The molecular weight excluding hydrogens is 727 g/mol. The number of nitrogens with zero attached hydrogens (tertiary/aromatic N) is 1. The first kappa shape index (κ1) is 39.8. The monoisotopic (exact) mass is 814 g/mol. The van der Waals surface area contributed by atoms with Gasteiger partial charge in [0, 0.05) is 34.5 Å². The number of fused-ring (bicyclic) bond motifs is 10. The van der Waals surface area contributed by atoms with Crippen molar-refractivity contribution in [1.82, 2.24) is 4.90 Å². The first-order valence-corrected chi connectivity index (χ1v) is 28.4. The molecule has 12 aliphatic rings. The maximum Gasteiger partial charge on any atom is 0.0621 e. The molecule has 12 fully saturated rings. The van der Waals surface area contributed by atoms with Gasteiger partial charge in [0.05, 0.1) is 24.4 Å². The summed E-state index contributed by atoms with van der Waals surface area (Å²) in [5.74, 6) is 11.9. The minimum Gasteiger partial charge on any atom is -0.374 e. The fourth-order valence-electron chi connectivity index (χ4n) is 19.4. The Morgan fingerprint density at radius 1 is 0.293 bits per heavy atom. The second kappa shape index (κ2) is 17.3. The molecule has 0 N–H and O–H groups in total. The van der Waals surface area contributed by atoms with Crippen LogP contribution in [0.4, 0.5) is 0 Å². The predicted octanol–water partition coefficient (Wildman–Crippen LogP) is 13.8. The van der Waals surface area contributed by atoms with Crippen LogP contribution in [0.1, 0.15) is 212 Å². The quantitative estimate of drug-likeness (QED) is 0.266. The number of hydrogen-bond donors (Lipinski definition) is 0. The van der Waals surface area contributed by atoms with Crippen LogP contribution in [0.2, 0.25) is 0 Å².